The molecule has 0 spiro atoms. The second-order valence-electron chi connectivity index (χ2n) is 11.7. The van der Waals surface area contributed by atoms with Gasteiger partial charge in [-0.1, -0.05) is 11.6 Å². The van der Waals surface area contributed by atoms with E-state index in [1.807, 2.05) is 11.8 Å². The largest absolute Gasteiger partial charge is 0.466 e. The van der Waals surface area contributed by atoms with Crippen molar-refractivity contribution in [3.8, 4) is 23.1 Å². The van der Waals surface area contributed by atoms with Crippen LogP contribution in [-0.2, 0) is 6.18 Å². The van der Waals surface area contributed by atoms with Crippen LogP contribution in [0.15, 0.2) is 12.1 Å². The number of nitrogens with two attached hydrogens (primary N) is 1. The first kappa shape index (κ1) is 30.3. The topological polar surface area (TPSA) is 94.0 Å². The molecule has 3 aromatic rings. The SMILES string of the molecule is [C-]#[N+]CC1C[C@@H](C)N(C)c2nc(OC[C@@]34CCCN3C[C@H](F)C4)nc3c(F)c(-c4cc(N)cc(Cl)c4C(F)(F)F)nc(c23)O1. The quantitative estimate of drug-likeness (QED) is 0.209. The standard InChI is InChI=1S/C29H29ClF5N7O2/c1-14-7-17(11-37-2)44-26-20-24(22(32)23(38-26)18-8-16(36)9-19(30)21(18)29(33,34)35)39-27(40-25(20)41(14)3)43-13-28-5-4-6-42(28)12-15(31)10-28/h8-9,14-15,17H,4-7,10-13,36H2,1,3H3/t14-,15-,17?,28+/m1/s1. The van der Waals surface area contributed by atoms with Crippen LogP contribution < -0.4 is 20.1 Å². The molecule has 2 fully saturated rings. The van der Waals surface area contributed by atoms with Crippen LogP contribution in [0.3, 0.4) is 0 Å². The predicted octanol–water partition coefficient (Wildman–Crippen LogP) is 5.94. The first-order valence-corrected chi connectivity index (χ1v) is 14.5. The molecule has 44 heavy (non-hydrogen) atoms. The molecule has 0 aliphatic carbocycles. The smallest absolute Gasteiger partial charge is 0.418 e. The molecule has 0 saturated carbocycles. The molecule has 1 unspecified atom stereocenters. The van der Waals surface area contributed by atoms with Crippen molar-refractivity contribution in [3.05, 3.63) is 40.0 Å². The number of halogens is 6. The van der Waals surface area contributed by atoms with Gasteiger partial charge in [-0.3, -0.25) is 4.90 Å². The van der Waals surface area contributed by atoms with Crippen molar-refractivity contribution < 1.29 is 31.4 Å². The molecule has 9 nitrogen and oxygen atoms in total. The summed E-state index contributed by atoms with van der Waals surface area (Å²) in [7, 11) is 1.72. The van der Waals surface area contributed by atoms with Crippen molar-refractivity contribution in [3.63, 3.8) is 0 Å². The molecular weight excluding hydrogens is 609 g/mol. The Balaban J connectivity index is 1.57. The number of benzene rings is 1. The minimum atomic E-state index is -4.98. The van der Waals surface area contributed by atoms with Gasteiger partial charge in [0.25, 0.3) is 6.54 Å². The average Bonchev–Trinajstić information content (AvgIpc) is 3.46. The second-order valence-corrected chi connectivity index (χ2v) is 12.1. The Labute approximate surface area is 254 Å². The Morgan fingerprint density at radius 1 is 1.27 bits per heavy atom. The summed E-state index contributed by atoms with van der Waals surface area (Å²) in [6, 6.07) is 1.39. The van der Waals surface area contributed by atoms with Crippen LogP contribution in [0, 0.1) is 12.4 Å². The van der Waals surface area contributed by atoms with Gasteiger partial charge in [0.15, 0.2) is 11.9 Å². The van der Waals surface area contributed by atoms with Crippen LogP contribution in [-0.4, -0.2) is 77.0 Å². The fourth-order valence-corrected chi connectivity index (χ4v) is 6.94. The van der Waals surface area contributed by atoms with Crippen LogP contribution in [0.5, 0.6) is 11.9 Å². The van der Waals surface area contributed by atoms with E-state index in [9.17, 15) is 17.6 Å². The molecule has 1 aromatic carbocycles. The fraction of sp³-hybridized carbons (Fsp3) is 0.517. The van der Waals surface area contributed by atoms with Gasteiger partial charge in [0.05, 0.1) is 16.1 Å². The highest BCUT2D eigenvalue weighted by molar-refractivity contribution is 6.32. The van der Waals surface area contributed by atoms with Gasteiger partial charge in [-0.05, 0) is 38.4 Å². The number of hydrogen-bond donors (Lipinski definition) is 1. The van der Waals surface area contributed by atoms with E-state index in [1.165, 1.54) is 0 Å². The van der Waals surface area contributed by atoms with E-state index in [4.69, 9.17) is 33.4 Å². The Hall–Kier alpha value is -3.70. The number of rotatable bonds is 5. The summed E-state index contributed by atoms with van der Waals surface area (Å²) in [6.07, 6.45) is -4.49. The van der Waals surface area contributed by atoms with Gasteiger partial charge >= 0.3 is 12.2 Å². The minimum Gasteiger partial charge on any atom is -0.466 e. The van der Waals surface area contributed by atoms with Crippen molar-refractivity contribution in [2.24, 2.45) is 0 Å². The molecule has 2 aromatic heterocycles. The first-order valence-electron chi connectivity index (χ1n) is 14.1. The Morgan fingerprint density at radius 3 is 2.77 bits per heavy atom. The van der Waals surface area contributed by atoms with Gasteiger partial charge < -0.3 is 25.0 Å². The highest BCUT2D eigenvalue weighted by Crippen LogP contribution is 2.46. The van der Waals surface area contributed by atoms with Gasteiger partial charge in [-0.15, -0.1) is 0 Å². The Kier molecular flexibility index (Phi) is 7.60. The fourth-order valence-electron chi connectivity index (χ4n) is 6.60. The van der Waals surface area contributed by atoms with Crippen LogP contribution >= 0.6 is 11.6 Å². The maximum absolute atomic E-state index is 16.6. The van der Waals surface area contributed by atoms with Crippen LogP contribution in [0.25, 0.3) is 27.0 Å². The number of pyridine rings is 1. The molecule has 4 atom stereocenters. The number of nitrogen functional groups attached to an aromatic ring is 1. The summed E-state index contributed by atoms with van der Waals surface area (Å²) in [5.74, 6) is -1.25. The van der Waals surface area contributed by atoms with E-state index in [1.54, 1.807) is 11.9 Å². The highest BCUT2D eigenvalue weighted by atomic mass is 35.5. The van der Waals surface area contributed by atoms with Gasteiger partial charge in [0.2, 0.25) is 5.88 Å². The molecule has 0 amide bonds. The third kappa shape index (κ3) is 5.19. The number of fused-ring (bicyclic) bond motifs is 1. The molecule has 0 bridgehead atoms. The zero-order chi connectivity index (χ0) is 31.6. The third-order valence-electron chi connectivity index (χ3n) is 8.77. The molecule has 5 heterocycles. The summed E-state index contributed by atoms with van der Waals surface area (Å²) in [6.45, 7) is 10.2. The van der Waals surface area contributed by atoms with Crippen molar-refractivity contribution in [2.75, 3.05) is 43.9 Å². The lowest BCUT2D eigenvalue weighted by Crippen LogP contribution is -2.43. The number of hydrogen-bond acceptors (Lipinski definition) is 8. The molecule has 234 valence electrons. The molecule has 2 N–H and O–H groups in total. The third-order valence-corrected chi connectivity index (χ3v) is 9.07. The zero-order valence-electron chi connectivity index (χ0n) is 23.9. The van der Waals surface area contributed by atoms with Crippen molar-refractivity contribution in [1.82, 2.24) is 19.9 Å². The van der Waals surface area contributed by atoms with Crippen LogP contribution in [0.1, 0.15) is 38.2 Å². The molecule has 0 radical (unpaired) electrons. The van der Waals surface area contributed by atoms with Gasteiger partial charge in [0, 0.05) is 43.7 Å². The lowest BCUT2D eigenvalue weighted by molar-refractivity contribution is -0.137. The lowest BCUT2D eigenvalue weighted by Gasteiger charge is -2.33. The summed E-state index contributed by atoms with van der Waals surface area (Å²) in [5, 5.41) is -0.719. The van der Waals surface area contributed by atoms with Crippen LogP contribution in [0.2, 0.25) is 5.02 Å². The number of ether oxygens (including phenoxy) is 2. The maximum atomic E-state index is 16.6. The van der Waals surface area contributed by atoms with Crippen molar-refractivity contribution in [1.29, 1.82) is 0 Å². The van der Waals surface area contributed by atoms with Gasteiger partial charge in [-0.25, -0.2) is 20.3 Å². The number of aromatic nitrogens is 3. The van der Waals surface area contributed by atoms with E-state index >= 15 is 4.39 Å². The highest BCUT2D eigenvalue weighted by Gasteiger charge is 2.49. The molecular formula is C29H29ClF5N7O2. The van der Waals surface area contributed by atoms with Gasteiger partial charge in [-0.2, -0.15) is 23.1 Å². The van der Waals surface area contributed by atoms with Crippen molar-refractivity contribution in [2.45, 2.75) is 62.6 Å². The molecule has 3 aliphatic heterocycles. The summed E-state index contributed by atoms with van der Waals surface area (Å²) >= 11 is 5.98. The second kappa shape index (κ2) is 11.0. The van der Waals surface area contributed by atoms with Gasteiger partial charge in [0.1, 0.15) is 35.2 Å². The molecule has 3 aliphatic rings. The average molecular weight is 638 g/mol. The van der Waals surface area contributed by atoms with E-state index in [2.05, 4.69) is 19.8 Å². The summed E-state index contributed by atoms with van der Waals surface area (Å²) in [5.41, 5.74) is 2.00. The van der Waals surface area contributed by atoms with Crippen LogP contribution in [0.4, 0.5) is 33.5 Å². The van der Waals surface area contributed by atoms with Crippen molar-refractivity contribution >= 4 is 34.0 Å². The summed E-state index contributed by atoms with van der Waals surface area (Å²) in [4.78, 5) is 20.3. The predicted molar refractivity (Wildman–Crippen MR) is 154 cm³/mol. The molecule has 2 saturated heterocycles. The Morgan fingerprint density at radius 2 is 2.05 bits per heavy atom. The Bertz CT molecular complexity index is 1670. The minimum absolute atomic E-state index is 0.0107. The normalized spacial score (nSPS) is 25.3. The maximum Gasteiger partial charge on any atom is 0.418 e. The van der Waals surface area contributed by atoms with E-state index in [-0.39, 0.29) is 54.4 Å². The molecule has 6 rings (SSSR count). The lowest BCUT2D eigenvalue weighted by atomic mass is 9.95. The molecule has 15 heteroatoms. The zero-order valence-corrected chi connectivity index (χ0v) is 24.6. The van der Waals surface area contributed by atoms with E-state index < -0.39 is 57.2 Å². The first-order chi connectivity index (χ1) is 20.8. The number of anilines is 2. The number of alkyl halides is 4. The van der Waals surface area contributed by atoms with E-state index in [0.29, 0.717) is 19.4 Å². The monoisotopic (exact) mass is 637 g/mol. The van der Waals surface area contributed by atoms with E-state index in [0.717, 1.165) is 25.1 Å². The summed E-state index contributed by atoms with van der Waals surface area (Å²) < 4.78 is 85.7. The number of nitrogens with zero attached hydrogens (tertiary/aromatic N) is 6.